The molecule has 0 bridgehead atoms. The van der Waals surface area contributed by atoms with E-state index in [9.17, 15) is 0 Å². The second-order valence-corrected chi connectivity index (χ2v) is 4.99. The molecule has 1 unspecified atom stereocenters. The standard InChI is InChI=1S/C11H23N3/c1-9-11(12)4-3-6-14(9)10-5-7-13(2)8-10/h9-11H,3-8,12H2,1-2H3/t9-,10?,11-/m1/s1. The quantitative estimate of drug-likeness (QED) is 0.664. The summed E-state index contributed by atoms with van der Waals surface area (Å²) < 4.78 is 0. The Labute approximate surface area is 87.2 Å². The van der Waals surface area contributed by atoms with Crippen LogP contribution < -0.4 is 5.73 Å². The molecule has 3 atom stereocenters. The van der Waals surface area contributed by atoms with E-state index in [0.29, 0.717) is 12.1 Å². The topological polar surface area (TPSA) is 32.5 Å². The van der Waals surface area contributed by atoms with Crippen molar-refractivity contribution in [1.29, 1.82) is 0 Å². The van der Waals surface area contributed by atoms with Gasteiger partial charge in [0.25, 0.3) is 0 Å². The monoisotopic (exact) mass is 197 g/mol. The molecule has 2 aliphatic heterocycles. The number of nitrogens with zero attached hydrogens (tertiary/aromatic N) is 2. The molecule has 2 aliphatic rings. The lowest BCUT2D eigenvalue weighted by atomic mass is 9.96. The van der Waals surface area contributed by atoms with Gasteiger partial charge in [-0.3, -0.25) is 4.90 Å². The molecule has 0 aromatic rings. The van der Waals surface area contributed by atoms with Crippen molar-refractivity contribution in [2.45, 2.75) is 44.3 Å². The maximum absolute atomic E-state index is 6.12. The number of piperidine rings is 1. The van der Waals surface area contributed by atoms with Crippen molar-refractivity contribution in [2.75, 3.05) is 26.7 Å². The summed E-state index contributed by atoms with van der Waals surface area (Å²) in [5.74, 6) is 0. The number of hydrogen-bond donors (Lipinski definition) is 1. The lowest BCUT2D eigenvalue weighted by Gasteiger charge is -2.41. The summed E-state index contributed by atoms with van der Waals surface area (Å²) in [5, 5.41) is 0. The van der Waals surface area contributed by atoms with Crippen LogP contribution in [0.25, 0.3) is 0 Å². The fraction of sp³-hybridized carbons (Fsp3) is 1.00. The van der Waals surface area contributed by atoms with Crippen LogP contribution in [0.4, 0.5) is 0 Å². The third kappa shape index (κ3) is 1.95. The maximum Gasteiger partial charge on any atom is 0.0238 e. The van der Waals surface area contributed by atoms with Gasteiger partial charge in [-0.1, -0.05) is 0 Å². The van der Waals surface area contributed by atoms with Crippen LogP contribution in [0, 0.1) is 0 Å². The van der Waals surface area contributed by atoms with Gasteiger partial charge in [-0.25, -0.2) is 0 Å². The fourth-order valence-corrected chi connectivity index (χ4v) is 2.90. The molecule has 0 radical (unpaired) electrons. The first-order valence-corrected chi connectivity index (χ1v) is 5.88. The fourth-order valence-electron chi connectivity index (χ4n) is 2.90. The Kier molecular flexibility index (Phi) is 3.10. The van der Waals surface area contributed by atoms with Crippen LogP contribution >= 0.6 is 0 Å². The average molecular weight is 197 g/mol. The molecule has 2 rings (SSSR count). The summed E-state index contributed by atoms with van der Waals surface area (Å²) in [4.78, 5) is 5.06. The lowest BCUT2D eigenvalue weighted by Crippen LogP contribution is -2.54. The molecule has 82 valence electrons. The first-order chi connectivity index (χ1) is 6.68. The first kappa shape index (κ1) is 10.4. The van der Waals surface area contributed by atoms with Crippen molar-refractivity contribution in [1.82, 2.24) is 9.80 Å². The summed E-state index contributed by atoms with van der Waals surface area (Å²) in [6, 6.07) is 1.75. The molecule has 0 saturated carbocycles. The van der Waals surface area contributed by atoms with Crippen molar-refractivity contribution in [3.8, 4) is 0 Å². The van der Waals surface area contributed by atoms with E-state index in [1.807, 2.05) is 0 Å². The van der Waals surface area contributed by atoms with Gasteiger partial charge in [0.15, 0.2) is 0 Å². The zero-order valence-electron chi connectivity index (χ0n) is 9.45. The Balaban J connectivity index is 1.95. The van der Waals surface area contributed by atoms with E-state index >= 15 is 0 Å². The summed E-state index contributed by atoms with van der Waals surface area (Å²) in [6.45, 7) is 6.04. The smallest absolute Gasteiger partial charge is 0.0238 e. The van der Waals surface area contributed by atoms with Crippen LogP contribution in [0.5, 0.6) is 0 Å². The summed E-state index contributed by atoms with van der Waals surface area (Å²) in [6.07, 6.45) is 3.82. The van der Waals surface area contributed by atoms with Crippen LogP contribution in [-0.2, 0) is 0 Å². The van der Waals surface area contributed by atoms with Gasteiger partial charge in [0.2, 0.25) is 0 Å². The van der Waals surface area contributed by atoms with Gasteiger partial charge in [0.1, 0.15) is 0 Å². The van der Waals surface area contributed by atoms with Crippen molar-refractivity contribution in [2.24, 2.45) is 5.73 Å². The molecule has 14 heavy (non-hydrogen) atoms. The Morgan fingerprint density at radius 3 is 2.64 bits per heavy atom. The molecule has 3 heteroatoms. The van der Waals surface area contributed by atoms with Crippen LogP contribution in [0.2, 0.25) is 0 Å². The number of nitrogens with two attached hydrogens (primary N) is 1. The average Bonchev–Trinajstić information content (AvgIpc) is 2.57. The molecule has 0 aromatic carbocycles. The third-order valence-corrected chi connectivity index (χ3v) is 3.93. The number of rotatable bonds is 1. The zero-order valence-corrected chi connectivity index (χ0v) is 9.45. The van der Waals surface area contributed by atoms with E-state index in [1.165, 1.54) is 38.9 Å². The minimum Gasteiger partial charge on any atom is -0.326 e. The highest BCUT2D eigenvalue weighted by Crippen LogP contribution is 2.23. The molecule has 2 N–H and O–H groups in total. The highest BCUT2D eigenvalue weighted by atomic mass is 15.3. The van der Waals surface area contributed by atoms with Gasteiger partial charge < -0.3 is 10.6 Å². The van der Waals surface area contributed by atoms with Crippen molar-refractivity contribution < 1.29 is 0 Å². The van der Waals surface area contributed by atoms with Crippen LogP contribution in [0.1, 0.15) is 26.2 Å². The second kappa shape index (κ2) is 4.17. The van der Waals surface area contributed by atoms with Gasteiger partial charge in [0, 0.05) is 24.7 Å². The Hall–Kier alpha value is -0.120. The molecule has 2 heterocycles. The van der Waals surface area contributed by atoms with E-state index in [-0.39, 0.29) is 0 Å². The van der Waals surface area contributed by atoms with Crippen molar-refractivity contribution in [3.63, 3.8) is 0 Å². The summed E-state index contributed by atoms with van der Waals surface area (Å²) in [5.41, 5.74) is 6.12. The van der Waals surface area contributed by atoms with Gasteiger partial charge in [-0.2, -0.15) is 0 Å². The molecule has 0 spiro atoms. The van der Waals surface area contributed by atoms with Crippen LogP contribution in [0.15, 0.2) is 0 Å². The predicted octanol–water partition coefficient (Wildman–Crippen LogP) is 0.502. The Morgan fingerprint density at radius 2 is 2.00 bits per heavy atom. The molecular weight excluding hydrogens is 174 g/mol. The van der Waals surface area contributed by atoms with E-state index in [4.69, 9.17) is 5.73 Å². The van der Waals surface area contributed by atoms with E-state index < -0.39 is 0 Å². The minimum atomic E-state index is 0.398. The Morgan fingerprint density at radius 1 is 1.21 bits per heavy atom. The molecule has 2 saturated heterocycles. The van der Waals surface area contributed by atoms with Crippen molar-refractivity contribution in [3.05, 3.63) is 0 Å². The van der Waals surface area contributed by atoms with Crippen LogP contribution in [-0.4, -0.2) is 54.6 Å². The second-order valence-electron chi connectivity index (χ2n) is 4.99. The lowest BCUT2D eigenvalue weighted by molar-refractivity contribution is 0.0938. The molecule has 0 aliphatic carbocycles. The summed E-state index contributed by atoms with van der Waals surface area (Å²) >= 11 is 0. The number of likely N-dealkylation sites (tertiary alicyclic amines) is 2. The molecule has 2 fully saturated rings. The van der Waals surface area contributed by atoms with Gasteiger partial charge >= 0.3 is 0 Å². The molecule has 3 nitrogen and oxygen atoms in total. The maximum atomic E-state index is 6.12. The largest absolute Gasteiger partial charge is 0.326 e. The number of hydrogen-bond acceptors (Lipinski definition) is 3. The van der Waals surface area contributed by atoms with Gasteiger partial charge in [-0.05, 0) is 46.3 Å². The Bertz CT molecular complexity index is 195. The van der Waals surface area contributed by atoms with Gasteiger partial charge in [-0.15, -0.1) is 0 Å². The zero-order chi connectivity index (χ0) is 10.1. The van der Waals surface area contributed by atoms with E-state index in [1.54, 1.807) is 0 Å². The highest BCUT2D eigenvalue weighted by molar-refractivity contribution is 4.91. The highest BCUT2D eigenvalue weighted by Gasteiger charge is 2.33. The molecular formula is C11H23N3. The summed E-state index contributed by atoms with van der Waals surface area (Å²) in [7, 11) is 2.22. The first-order valence-electron chi connectivity index (χ1n) is 5.88. The van der Waals surface area contributed by atoms with Crippen LogP contribution in [0.3, 0.4) is 0 Å². The third-order valence-electron chi connectivity index (χ3n) is 3.93. The normalized spacial score (nSPS) is 41.8. The molecule has 0 amide bonds. The van der Waals surface area contributed by atoms with E-state index in [0.717, 1.165) is 6.04 Å². The minimum absolute atomic E-state index is 0.398. The molecule has 0 aromatic heterocycles. The predicted molar refractivity (Wildman–Crippen MR) is 59.3 cm³/mol. The van der Waals surface area contributed by atoms with Crippen molar-refractivity contribution >= 4 is 0 Å². The SMILES string of the molecule is C[C@@H]1[C@H](N)CCCN1C1CCN(C)C1. The van der Waals surface area contributed by atoms with Gasteiger partial charge in [0.05, 0.1) is 0 Å². The number of likely N-dealkylation sites (N-methyl/N-ethyl adjacent to an activating group) is 1. The van der Waals surface area contributed by atoms with E-state index in [2.05, 4.69) is 23.8 Å².